The molecule has 0 aliphatic carbocycles. The quantitative estimate of drug-likeness (QED) is 0.691. The Morgan fingerprint density at radius 3 is 2.46 bits per heavy atom. The summed E-state index contributed by atoms with van der Waals surface area (Å²) in [7, 11) is 0. The minimum absolute atomic E-state index is 0.0167. The SMILES string of the molecule is O=C(O)CNC(=O)C(=Cc1ccc(Cl)cc1)NC(=O)c1ccco1. The van der Waals surface area contributed by atoms with Crippen molar-refractivity contribution in [3.8, 4) is 0 Å². The number of nitrogens with one attached hydrogen (secondary N) is 2. The topological polar surface area (TPSA) is 109 Å². The molecular formula is C16H13ClN2O5. The van der Waals surface area contributed by atoms with E-state index in [-0.39, 0.29) is 11.5 Å². The van der Waals surface area contributed by atoms with Crippen LogP contribution >= 0.6 is 11.6 Å². The Balaban J connectivity index is 2.23. The zero-order chi connectivity index (χ0) is 17.5. The second-order valence-electron chi connectivity index (χ2n) is 4.62. The molecule has 0 fully saturated rings. The van der Waals surface area contributed by atoms with Gasteiger partial charge in [-0.2, -0.15) is 0 Å². The van der Waals surface area contributed by atoms with E-state index < -0.39 is 24.3 Å². The highest BCUT2D eigenvalue weighted by Crippen LogP contribution is 2.12. The van der Waals surface area contributed by atoms with Gasteiger partial charge in [0.15, 0.2) is 5.76 Å². The zero-order valence-corrected chi connectivity index (χ0v) is 13.0. The summed E-state index contributed by atoms with van der Waals surface area (Å²) in [5.74, 6) is -2.56. The molecule has 0 aliphatic rings. The van der Waals surface area contributed by atoms with Crippen LogP contribution in [0.15, 0.2) is 52.8 Å². The first-order valence-corrected chi connectivity index (χ1v) is 7.15. The monoisotopic (exact) mass is 348 g/mol. The van der Waals surface area contributed by atoms with Gasteiger partial charge >= 0.3 is 5.97 Å². The maximum Gasteiger partial charge on any atom is 0.322 e. The normalized spacial score (nSPS) is 11.0. The summed E-state index contributed by atoms with van der Waals surface area (Å²) >= 11 is 5.80. The molecule has 0 bridgehead atoms. The van der Waals surface area contributed by atoms with Crippen molar-refractivity contribution in [1.82, 2.24) is 10.6 Å². The molecule has 24 heavy (non-hydrogen) atoms. The molecule has 0 saturated carbocycles. The van der Waals surface area contributed by atoms with Crippen molar-refractivity contribution in [1.29, 1.82) is 0 Å². The average Bonchev–Trinajstić information content (AvgIpc) is 3.08. The molecule has 0 aliphatic heterocycles. The molecular weight excluding hydrogens is 336 g/mol. The van der Waals surface area contributed by atoms with E-state index in [4.69, 9.17) is 21.1 Å². The first kappa shape index (κ1) is 17.3. The van der Waals surface area contributed by atoms with Gasteiger partial charge in [0.25, 0.3) is 11.8 Å². The first-order chi connectivity index (χ1) is 11.5. The molecule has 0 atom stereocenters. The highest BCUT2D eigenvalue weighted by Gasteiger charge is 2.16. The summed E-state index contributed by atoms with van der Waals surface area (Å²) in [6, 6.07) is 9.49. The summed E-state index contributed by atoms with van der Waals surface area (Å²) in [4.78, 5) is 34.7. The molecule has 1 aromatic heterocycles. The number of carbonyl (C=O) groups excluding carboxylic acids is 2. The van der Waals surface area contributed by atoms with Crippen molar-refractivity contribution >= 4 is 35.5 Å². The molecule has 0 radical (unpaired) electrons. The number of hydrogen-bond donors (Lipinski definition) is 3. The minimum Gasteiger partial charge on any atom is -0.480 e. The van der Waals surface area contributed by atoms with E-state index in [0.29, 0.717) is 10.6 Å². The Hall–Kier alpha value is -3.06. The van der Waals surface area contributed by atoms with Crippen LogP contribution in [0.2, 0.25) is 5.02 Å². The zero-order valence-electron chi connectivity index (χ0n) is 12.3. The van der Waals surface area contributed by atoms with Gasteiger partial charge in [0.2, 0.25) is 0 Å². The van der Waals surface area contributed by atoms with Gasteiger partial charge in [-0.15, -0.1) is 0 Å². The number of carboxylic acids is 1. The summed E-state index contributed by atoms with van der Waals surface area (Å²) in [6.07, 6.45) is 2.72. The molecule has 2 aromatic rings. The van der Waals surface area contributed by atoms with Gasteiger partial charge in [0.1, 0.15) is 12.2 Å². The number of benzene rings is 1. The molecule has 124 valence electrons. The molecule has 1 aromatic carbocycles. The third-order valence-electron chi connectivity index (χ3n) is 2.82. The van der Waals surface area contributed by atoms with Crippen LogP contribution < -0.4 is 10.6 Å². The van der Waals surface area contributed by atoms with Crippen LogP contribution in [0.1, 0.15) is 16.1 Å². The molecule has 2 rings (SSSR count). The fraction of sp³-hybridized carbons (Fsp3) is 0.0625. The van der Waals surface area contributed by atoms with Crippen LogP contribution in [0.5, 0.6) is 0 Å². The van der Waals surface area contributed by atoms with Crippen molar-refractivity contribution in [3.05, 3.63) is 64.7 Å². The lowest BCUT2D eigenvalue weighted by Crippen LogP contribution is -2.37. The number of halogens is 1. The Morgan fingerprint density at radius 1 is 1.17 bits per heavy atom. The van der Waals surface area contributed by atoms with Crippen LogP contribution in [0.25, 0.3) is 6.08 Å². The van der Waals surface area contributed by atoms with E-state index in [2.05, 4.69) is 10.6 Å². The third-order valence-corrected chi connectivity index (χ3v) is 3.07. The van der Waals surface area contributed by atoms with Crippen molar-refractivity contribution in [2.75, 3.05) is 6.54 Å². The van der Waals surface area contributed by atoms with E-state index >= 15 is 0 Å². The molecule has 7 nitrogen and oxygen atoms in total. The highest BCUT2D eigenvalue weighted by molar-refractivity contribution is 6.30. The van der Waals surface area contributed by atoms with E-state index in [1.165, 1.54) is 24.5 Å². The second-order valence-corrected chi connectivity index (χ2v) is 5.05. The van der Waals surface area contributed by atoms with Crippen LogP contribution in [-0.4, -0.2) is 29.4 Å². The van der Waals surface area contributed by atoms with E-state index in [9.17, 15) is 14.4 Å². The maximum atomic E-state index is 12.1. The molecule has 8 heteroatoms. The van der Waals surface area contributed by atoms with Crippen LogP contribution in [-0.2, 0) is 9.59 Å². The lowest BCUT2D eigenvalue weighted by Gasteiger charge is -2.09. The van der Waals surface area contributed by atoms with Gasteiger partial charge in [0, 0.05) is 5.02 Å². The number of furan rings is 1. The summed E-state index contributed by atoms with van der Waals surface area (Å²) in [5.41, 5.74) is 0.472. The predicted molar refractivity (Wildman–Crippen MR) is 86.2 cm³/mol. The van der Waals surface area contributed by atoms with Crippen molar-refractivity contribution in [2.45, 2.75) is 0 Å². The first-order valence-electron chi connectivity index (χ1n) is 6.78. The number of carboxylic acid groups (broad SMARTS) is 1. The standard InChI is InChI=1S/C16H13ClN2O5/c17-11-5-3-10(4-6-11)8-12(15(22)18-9-14(20)21)19-16(23)13-2-1-7-24-13/h1-8H,9H2,(H,18,22)(H,19,23)(H,20,21). The van der Waals surface area contributed by atoms with Gasteiger partial charge in [-0.3, -0.25) is 14.4 Å². The maximum absolute atomic E-state index is 12.1. The number of hydrogen-bond acceptors (Lipinski definition) is 4. The summed E-state index contributed by atoms with van der Waals surface area (Å²) in [6.45, 7) is -0.576. The van der Waals surface area contributed by atoms with E-state index in [1.807, 2.05) is 0 Å². The van der Waals surface area contributed by atoms with Gasteiger partial charge in [-0.1, -0.05) is 23.7 Å². The van der Waals surface area contributed by atoms with Gasteiger partial charge in [-0.25, -0.2) is 0 Å². The molecule has 2 amide bonds. The fourth-order valence-corrected chi connectivity index (χ4v) is 1.85. The predicted octanol–water partition coefficient (Wildman–Crippen LogP) is 1.90. The molecule has 0 spiro atoms. The third kappa shape index (κ3) is 4.99. The van der Waals surface area contributed by atoms with E-state index in [0.717, 1.165) is 0 Å². The lowest BCUT2D eigenvalue weighted by atomic mass is 10.2. The van der Waals surface area contributed by atoms with Gasteiger partial charge < -0.3 is 20.2 Å². The van der Waals surface area contributed by atoms with Crippen LogP contribution in [0, 0.1) is 0 Å². The largest absolute Gasteiger partial charge is 0.480 e. The smallest absolute Gasteiger partial charge is 0.322 e. The molecule has 0 unspecified atom stereocenters. The fourth-order valence-electron chi connectivity index (χ4n) is 1.73. The highest BCUT2D eigenvalue weighted by atomic mass is 35.5. The number of carbonyl (C=O) groups is 3. The van der Waals surface area contributed by atoms with Crippen LogP contribution in [0.4, 0.5) is 0 Å². The van der Waals surface area contributed by atoms with Crippen LogP contribution in [0.3, 0.4) is 0 Å². The molecule has 3 N–H and O–H groups in total. The van der Waals surface area contributed by atoms with Gasteiger partial charge in [0.05, 0.1) is 6.26 Å². The Labute approximate surface area is 141 Å². The Bertz CT molecular complexity index is 766. The minimum atomic E-state index is -1.20. The van der Waals surface area contributed by atoms with E-state index in [1.54, 1.807) is 24.3 Å². The molecule has 0 saturated heterocycles. The summed E-state index contributed by atoms with van der Waals surface area (Å²) < 4.78 is 4.96. The number of aliphatic carboxylic acids is 1. The Kier molecular flexibility index (Phi) is 5.75. The van der Waals surface area contributed by atoms with Crippen molar-refractivity contribution in [3.63, 3.8) is 0 Å². The van der Waals surface area contributed by atoms with Crippen molar-refractivity contribution < 1.29 is 23.9 Å². The molecule has 1 heterocycles. The lowest BCUT2D eigenvalue weighted by molar-refractivity contribution is -0.137. The average molecular weight is 349 g/mol. The second kappa shape index (κ2) is 7.98. The Morgan fingerprint density at radius 2 is 1.88 bits per heavy atom. The van der Waals surface area contributed by atoms with Crippen molar-refractivity contribution in [2.24, 2.45) is 0 Å². The van der Waals surface area contributed by atoms with Gasteiger partial charge in [-0.05, 0) is 35.9 Å². The number of rotatable bonds is 6. The number of amides is 2. The summed E-state index contributed by atoms with van der Waals surface area (Å²) in [5, 5.41) is 13.7.